The molecule has 1 aliphatic rings. The van der Waals surface area contributed by atoms with Gasteiger partial charge in [-0.1, -0.05) is 12.8 Å². The van der Waals surface area contributed by atoms with Crippen LogP contribution >= 0.6 is 11.8 Å². The van der Waals surface area contributed by atoms with Crippen molar-refractivity contribution < 1.29 is 15.3 Å². The van der Waals surface area contributed by atoms with Crippen LogP contribution in [-0.2, 0) is 0 Å². The molecule has 3 nitrogen and oxygen atoms in total. The number of aliphatic hydroxyl groups excluding tert-OH is 3. The van der Waals surface area contributed by atoms with Gasteiger partial charge < -0.3 is 15.3 Å². The van der Waals surface area contributed by atoms with Gasteiger partial charge in [-0.15, -0.1) is 0 Å². The smallest absolute Gasteiger partial charge is 0.0861 e. The summed E-state index contributed by atoms with van der Waals surface area (Å²) in [7, 11) is 0. The van der Waals surface area contributed by atoms with Crippen molar-refractivity contribution in [1.29, 1.82) is 0 Å². The Morgan fingerprint density at radius 2 is 2.00 bits per heavy atom. The molecule has 3 atom stereocenters. The molecule has 0 aliphatic heterocycles. The molecule has 0 aromatic carbocycles. The maximum atomic E-state index is 9.59. The zero-order valence-corrected chi connectivity index (χ0v) is 8.54. The molecule has 1 aliphatic carbocycles. The Morgan fingerprint density at radius 3 is 2.62 bits per heavy atom. The van der Waals surface area contributed by atoms with Gasteiger partial charge in [-0.2, -0.15) is 11.8 Å². The molecule has 0 radical (unpaired) electrons. The first-order valence-corrected chi connectivity index (χ1v) is 5.87. The average Bonchev–Trinajstić information content (AvgIpc) is 2.16. The zero-order chi connectivity index (χ0) is 9.68. The van der Waals surface area contributed by atoms with Crippen LogP contribution in [-0.4, -0.2) is 45.1 Å². The second kappa shape index (κ2) is 5.86. The molecule has 0 aromatic rings. The summed E-state index contributed by atoms with van der Waals surface area (Å²) in [6.07, 6.45) is 3.34. The van der Waals surface area contributed by atoms with Gasteiger partial charge in [-0.05, 0) is 12.8 Å². The van der Waals surface area contributed by atoms with Crippen LogP contribution in [0.4, 0.5) is 0 Å². The van der Waals surface area contributed by atoms with Gasteiger partial charge in [0.25, 0.3) is 0 Å². The van der Waals surface area contributed by atoms with E-state index in [2.05, 4.69) is 0 Å². The Balaban J connectivity index is 2.18. The second-order valence-electron chi connectivity index (χ2n) is 3.56. The minimum Gasteiger partial charge on any atom is -0.394 e. The van der Waals surface area contributed by atoms with E-state index in [4.69, 9.17) is 10.2 Å². The molecule has 78 valence electrons. The molecule has 1 unspecified atom stereocenters. The molecular weight excluding hydrogens is 188 g/mol. The van der Waals surface area contributed by atoms with Crippen molar-refractivity contribution in [2.24, 2.45) is 0 Å². The number of hydrogen-bond acceptors (Lipinski definition) is 4. The Bertz CT molecular complexity index is 143. The summed E-state index contributed by atoms with van der Waals surface area (Å²) in [6.45, 7) is -0.185. The van der Waals surface area contributed by atoms with Crippen LogP contribution in [0.1, 0.15) is 25.7 Å². The first-order chi connectivity index (χ1) is 6.24. The fraction of sp³-hybridized carbons (Fsp3) is 1.00. The van der Waals surface area contributed by atoms with Crippen molar-refractivity contribution >= 4 is 11.8 Å². The SMILES string of the molecule is OCC(O)CS[C@H]1CCCC[C@@H]1O. The Kier molecular flexibility index (Phi) is 5.09. The standard InChI is InChI=1S/C9H18O3S/c10-5-7(11)6-13-9-4-2-1-3-8(9)12/h7-12H,1-6H2/t7?,8-,9-/m0/s1. The van der Waals surface area contributed by atoms with Gasteiger partial charge in [-0.25, -0.2) is 0 Å². The lowest BCUT2D eigenvalue weighted by atomic mass is 9.97. The summed E-state index contributed by atoms with van der Waals surface area (Å²) >= 11 is 1.58. The van der Waals surface area contributed by atoms with E-state index >= 15 is 0 Å². The van der Waals surface area contributed by atoms with Crippen LogP contribution in [0.25, 0.3) is 0 Å². The quantitative estimate of drug-likeness (QED) is 0.622. The predicted molar refractivity (Wildman–Crippen MR) is 53.8 cm³/mol. The number of aliphatic hydroxyl groups is 3. The third-order valence-electron chi connectivity index (χ3n) is 2.38. The minimum atomic E-state index is -0.640. The lowest BCUT2D eigenvalue weighted by Crippen LogP contribution is -2.29. The molecule has 0 heterocycles. The van der Waals surface area contributed by atoms with E-state index in [1.54, 1.807) is 11.8 Å². The molecule has 0 amide bonds. The van der Waals surface area contributed by atoms with Crippen LogP contribution in [0.5, 0.6) is 0 Å². The van der Waals surface area contributed by atoms with Crippen LogP contribution < -0.4 is 0 Å². The highest BCUT2D eigenvalue weighted by molar-refractivity contribution is 8.00. The monoisotopic (exact) mass is 206 g/mol. The normalized spacial score (nSPS) is 31.6. The van der Waals surface area contributed by atoms with Crippen LogP contribution in [0, 0.1) is 0 Å². The van der Waals surface area contributed by atoms with Gasteiger partial charge in [0.05, 0.1) is 18.8 Å². The summed E-state index contributed by atoms with van der Waals surface area (Å²) in [5.74, 6) is 0.526. The lowest BCUT2D eigenvalue weighted by Gasteiger charge is -2.27. The van der Waals surface area contributed by atoms with Gasteiger partial charge in [-0.3, -0.25) is 0 Å². The third kappa shape index (κ3) is 3.85. The van der Waals surface area contributed by atoms with Crippen molar-refractivity contribution in [3.05, 3.63) is 0 Å². The summed E-state index contributed by atoms with van der Waals surface area (Å²) in [5, 5.41) is 27.6. The fourth-order valence-electron chi connectivity index (χ4n) is 1.56. The first-order valence-electron chi connectivity index (χ1n) is 4.82. The van der Waals surface area contributed by atoms with Crippen LogP contribution in [0.2, 0.25) is 0 Å². The molecule has 1 saturated carbocycles. The maximum Gasteiger partial charge on any atom is 0.0861 e. The number of thioether (sulfide) groups is 1. The molecule has 0 spiro atoms. The van der Waals surface area contributed by atoms with Crippen molar-refractivity contribution in [1.82, 2.24) is 0 Å². The molecule has 13 heavy (non-hydrogen) atoms. The molecule has 0 aromatic heterocycles. The average molecular weight is 206 g/mol. The van der Waals surface area contributed by atoms with Gasteiger partial charge >= 0.3 is 0 Å². The highest BCUT2D eigenvalue weighted by Crippen LogP contribution is 2.28. The molecule has 1 rings (SSSR count). The van der Waals surface area contributed by atoms with E-state index in [0.717, 1.165) is 19.3 Å². The molecule has 1 fully saturated rings. The maximum absolute atomic E-state index is 9.59. The molecule has 0 saturated heterocycles. The topological polar surface area (TPSA) is 60.7 Å². The third-order valence-corrected chi connectivity index (χ3v) is 3.94. The van der Waals surface area contributed by atoms with Crippen molar-refractivity contribution in [3.63, 3.8) is 0 Å². The van der Waals surface area contributed by atoms with Crippen LogP contribution in [0.3, 0.4) is 0 Å². The van der Waals surface area contributed by atoms with E-state index in [9.17, 15) is 5.11 Å². The number of hydrogen-bond donors (Lipinski definition) is 3. The summed E-state index contributed by atoms with van der Waals surface area (Å²) in [4.78, 5) is 0. The van der Waals surface area contributed by atoms with Crippen molar-refractivity contribution in [2.75, 3.05) is 12.4 Å². The van der Waals surface area contributed by atoms with Crippen LogP contribution in [0.15, 0.2) is 0 Å². The summed E-state index contributed by atoms with van der Waals surface area (Å²) < 4.78 is 0. The summed E-state index contributed by atoms with van der Waals surface area (Å²) in [6, 6.07) is 0. The minimum absolute atomic E-state index is 0.185. The Morgan fingerprint density at radius 1 is 1.31 bits per heavy atom. The van der Waals surface area contributed by atoms with E-state index in [0.29, 0.717) is 5.75 Å². The Hall–Kier alpha value is 0.230. The first kappa shape index (κ1) is 11.3. The van der Waals surface area contributed by atoms with E-state index in [-0.39, 0.29) is 18.0 Å². The van der Waals surface area contributed by atoms with Gasteiger partial charge in [0, 0.05) is 11.0 Å². The van der Waals surface area contributed by atoms with Crippen molar-refractivity contribution in [2.45, 2.75) is 43.1 Å². The number of rotatable bonds is 4. The highest BCUT2D eigenvalue weighted by Gasteiger charge is 2.23. The second-order valence-corrected chi connectivity index (χ2v) is 4.83. The van der Waals surface area contributed by atoms with Gasteiger partial charge in [0.1, 0.15) is 0 Å². The van der Waals surface area contributed by atoms with Crippen molar-refractivity contribution in [3.8, 4) is 0 Å². The summed E-state index contributed by atoms with van der Waals surface area (Å²) in [5.41, 5.74) is 0. The Labute approximate surface area is 83.2 Å². The molecule has 4 heteroatoms. The fourth-order valence-corrected chi connectivity index (χ4v) is 2.83. The van der Waals surface area contributed by atoms with E-state index in [1.807, 2.05) is 0 Å². The predicted octanol–water partition coefficient (Wildman–Crippen LogP) is 0.376. The molecular formula is C9H18O3S. The zero-order valence-electron chi connectivity index (χ0n) is 7.72. The van der Waals surface area contributed by atoms with Gasteiger partial charge in [0.15, 0.2) is 0 Å². The molecule has 0 bridgehead atoms. The highest BCUT2D eigenvalue weighted by atomic mass is 32.2. The van der Waals surface area contributed by atoms with E-state index in [1.165, 1.54) is 6.42 Å². The lowest BCUT2D eigenvalue weighted by molar-refractivity contribution is 0.112. The van der Waals surface area contributed by atoms with E-state index < -0.39 is 6.10 Å². The largest absolute Gasteiger partial charge is 0.394 e. The van der Waals surface area contributed by atoms with Gasteiger partial charge in [0.2, 0.25) is 0 Å². The molecule has 3 N–H and O–H groups in total.